The topological polar surface area (TPSA) is 46.6 Å². The SMILES string of the molecule is C[Si](C)(C)CCOCN1C(=O)CCC(c2ccc(Br)cc2)C1=O. The van der Waals surface area contributed by atoms with Gasteiger partial charge in [0.05, 0.1) is 5.92 Å². The van der Waals surface area contributed by atoms with Crippen molar-refractivity contribution in [2.75, 3.05) is 13.3 Å². The molecule has 1 fully saturated rings. The van der Waals surface area contributed by atoms with E-state index in [1.54, 1.807) is 0 Å². The zero-order chi connectivity index (χ0) is 17.0. The van der Waals surface area contributed by atoms with Crippen molar-refractivity contribution in [3.63, 3.8) is 0 Å². The summed E-state index contributed by atoms with van der Waals surface area (Å²) in [6, 6.07) is 8.75. The van der Waals surface area contributed by atoms with Crippen LogP contribution in [0.25, 0.3) is 0 Å². The second kappa shape index (κ2) is 7.72. The summed E-state index contributed by atoms with van der Waals surface area (Å²) in [6.07, 6.45) is 0.967. The van der Waals surface area contributed by atoms with Gasteiger partial charge in [0.2, 0.25) is 11.8 Å². The number of carbonyl (C=O) groups is 2. The van der Waals surface area contributed by atoms with Crippen LogP contribution in [0.15, 0.2) is 28.7 Å². The highest BCUT2D eigenvalue weighted by molar-refractivity contribution is 9.10. The molecule has 0 radical (unpaired) electrons. The van der Waals surface area contributed by atoms with Gasteiger partial charge >= 0.3 is 0 Å². The first-order chi connectivity index (χ1) is 10.8. The number of carbonyl (C=O) groups excluding carboxylic acids is 2. The number of amides is 2. The van der Waals surface area contributed by atoms with Crippen LogP contribution < -0.4 is 0 Å². The fourth-order valence-electron chi connectivity index (χ4n) is 2.51. The molecule has 4 nitrogen and oxygen atoms in total. The lowest BCUT2D eigenvalue weighted by molar-refractivity contribution is -0.155. The number of rotatable bonds is 6. The maximum Gasteiger partial charge on any atom is 0.238 e. The molecule has 0 bridgehead atoms. The number of halogens is 1. The molecule has 1 saturated heterocycles. The van der Waals surface area contributed by atoms with Gasteiger partial charge in [-0.3, -0.25) is 14.5 Å². The zero-order valence-corrected chi connectivity index (χ0v) is 16.6. The first-order valence-electron chi connectivity index (χ1n) is 7.95. The molecule has 6 heteroatoms. The van der Waals surface area contributed by atoms with Crippen LogP contribution in [0.1, 0.15) is 24.3 Å². The van der Waals surface area contributed by atoms with Crippen molar-refractivity contribution in [1.29, 1.82) is 0 Å². The number of hydrogen-bond donors (Lipinski definition) is 0. The van der Waals surface area contributed by atoms with E-state index < -0.39 is 8.07 Å². The van der Waals surface area contributed by atoms with Gasteiger partial charge in [-0.2, -0.15) is 0 Å². The molecular formula is C17H24BrNO3Si. The summed E-state index contributed by atoms with van der Waals surface area (Å²) in [4.78, 5) is 26.0. The van der Waals surface area contributed by atoms with Crippen LogP contribution in [0.2, 0.25) is 25.7 Å². The van der Waals surface area contributed by atoms with E-state index in [9.17, 15) is 9.59 Å². The van der Waals surface area contributed by atoms with E-state index in [1.165, 1.54) is 4.90 Å². The molecule has 23 heavy (non-hydrogen) atoms. The quantitative estimate of drug-likeness (QED) is 0.414. The third-order valence-electron chi connectivity index (χ3n) is 4.00. The molecule has 2 amide bonds. The Balaban J connectivity index is 1.97. The van der Waals surface area contributed by atoms with Crippen molar-refractivity contribution >= 4 is 35.8 Å². The zero-order valence-electron chi connectivity index (χ0n) is 14.0. The van der Waals surface area contributed by atoms with E-state index in [1.807, 2.05) is 24.3 Å². The average Bonchev–Trinajstić information content (AvgIpc) is 2.46. The number of benzene rings is 1. The van der Waals surface area contributed by atoms with Gasteiger partial charge < -0.3 is 4.74 Å². The minimum absolute atomic E-state index is 0.0785. The van der Waals surface area contributed by atoms with Crippen LogP contribution in [0, 0.1) is 0 Å². The van der Waals surface area contributed by atoms with E-state index in [0.29, 0.717) is 19.4 Å². The van der Waals surface area contributed by atoms with Crippen LogP contribution in [-0.4, -0.2) is 38.1 Å². The van der Waals surface area contributed by atoms with Gasteiger partial charge in [0, 0.05) is 25.6 Å². The van der Waals surface area contributed by atoms with Gasteiger partial charge in [0.1, 0.15) is 6.73 Å². The monoisotopic (exact) mass is 397 g/mol. The van der Waals surface area contributed by atoms with Crippen molar-refractivity contribution in [2.24, 2.45) is 0 Å². The Morgan fingerprint density at radius 3 is 2.48 bits per heavy atom. The van der Waals surface area contributed by atoms with Gasteiger partial charge in [-0.25, -0.2) is 0 Å². The molecule has 1 aliphatic heterocycles. The van der Waals surface area contributed by atoms with Gasteiger partial charge in [-0.05, 0) is 30.2 Å². The van der Waals surface area contributed by atoms with E-state index in [2.05, 4.69) is 35.6 Å². The minimum atomic E-state index is -1.17. The van der Waals surface area contributed by atoms with Gasteiger partial charge in [0.15, 0.2) is 0 Å². The Labute approximate surface area is 147 Å². The maximum absolute atomic E-state index is 12.6. The Kier molecular flexibility index (Phi) is 6.17. The van der Waals surface area contributed by atoms with Crippen LogP contribution in [0.5, 0.6) is 0 Å². The Morgan fingerprint density at radius 1 is 1.22 bits per heavy atom. The minimum Gasteiger partial charge on any atom is -0.361 e. The van der Waals surface area contributed by atoms with Crippen LogP contribution in [-0.2, 0) is 14.3 Å². The summed E-state index contributed by atoms with van der Waals surface area (Å²) in [5.41, 5.74) is 0.956. The van der Waals surface area contributed by atoms with Crippen LogP contribution in [0.3, 0.4) is 0 Å². The number of nitrogens with zero attached hydrogens (tertiary/aromatic N) is 1. The Bertz CT molecular complexity index is 568. The summed E-state index contributed by atoms with van der Waals surface area (Å²) in [5.74, 6) is -0.519. The molecule has 0 spiro atoms. The van der Waals surface area contributed by atoms with Gasteiger partial charge in [-0.1, -0.05) is 47.7 Å². The molecule has 2 rings (SSSR count). The summed E-state index contributed by atoms with van der Waals surface area (Å²) >= 11 is 3.40. The molecule has 0 aliphatic carbocycles. The first kappa shape index (κ1) is 18.4. The lowest BCUT2D eigenvalue weighted by Gasteiger charge is -2.31. The van der Waals surface area contributed by atoms with Crippen LogP contribution >= 0.6 is 15.9 Å². The molecule has 1 aromatic rings. The van der Waals surface area contributed by atoms with Crippen molar-refractivity contribution in [3.05, 3.63) is 34.3 Å². The molecule has 0 N–H and O–H groups in total. The van der Waals surface area contributed by atoms with Crippen molar-refractivity contribution in [1.82, 2.24) is 4.90 Å². The van der Waals surface area contributed by atoms with E-state index >= 15 is 0 Å². The highest BCUT2D eigenvalue weighted by atomic mass is 79.9. The van der Waals surface area contributed by atoms with E-state index in [4.69, 9.17) is 4.74 Å². The summed E-state index contributed by atoms with van der Waals surface area (Å²) in [5, 5.41) is 0. The molecule has 1 heterocycles. The fourth-order valence-corrected chi connectivity index (χ4v) is 3.53. The predicted octanol–water partition coefficient (Wildman–Crippen LogP) is 3.99. The van der Waals surface area contributed by atoms with E-state index in [0.717, 1.165) is 16.1 Å². The normalized spacial score (nSPS) is 19.3. The smallest absolute Gasteiger partial charge is 0.238 e. The largest absolute Gasteiger partial charge is 0.361 e. The molecule has 1 aliphatic rings. The van der Waals surface area contributed by atoms with Crippen molar-refractivity contribution in [3.8, 4) is 0 Å². The average molecular weight is 398 g/mol. The third-order valence-corrected chi connectivity index (χ3v) is 6.23. The second-order valence-corrected chi connectivity index (χ2v) is 13.7. The number of ether oxygens (including phenoxy) is 1. The number of likely N-dealkylation sites (tertiary alicyclic amines) is 1. The van der Waals surface area contributed by atoms with Crippen LogP contribution in [0.4, 0.5) is 0 Å². The molecule has 1 atom stereocenters. The van der Waals surface area contributed by atoms with Gasteiger partial charge in [-0.15, -0.1) is 0 Å². The molecule has 1 aromatic carbocycles. The highest BCUT2D eigenvalue weighted by Gasteiger charge is 2.35. The fraction of sp³-hybridized carbons (Fsp3) is 0.529. The standard InChI is InChI=1S/C17H24BrNO3Si/c1-23(2,3)11-10-22-12-19-16(20)9-8-15(17(19)21)13-4-6-14(18)7-5-13/h4-7,15H,8-12H2,1-3H3. The number of imide groups is 1. The molecule has 126 valence electrons. The molecule has 1 unspecified atom stereocenters. The highest BCUT2D eigenvalue weighted by Crippen LogP contribution is 2.29. The van der Waals surface area contributed by atoms with Crippen molar-refractivity contribution < 1.29 is 14.3 Å². The van der Waals surface area contributed by atoms with E-state index in [-0.39, 0.29) is 24.5 Å². The molecular weight excluding hydrogens is 374 g/mol. The molecule has 0 saturated carbocycles. The third kappa shape index (κ3) is 5.26. The number of piperidine rings is 1. The second-order valence-electron chi connectivity index (χ2n) is 7.15. The number of hydrogen-bond acceptors (Lipinski definition) is 3. The Hall–Kier alpha value is -0.983. The maximum atomic E-state index is 12.6. The summed E-state index contributed by atoms with van der Waals surface area (Å²) < 4.78 is 6.58. The lowest BCUT2D eigenvalue weighted by atomic mass is 9.90. The summed E-state index contributed by atoms with van der Waals surface area (Å²) in [7, 11) is -1.17. The first-order valence-corrected chi connectivity index (χ1v) is 12.5. The summed E-state index contributed by atoms with van der Waals surface area (Å²) in [6.45, 7) is 7.51. The molecule has 0 aromatic heterocycles. The Morgan fingerprint density at radius 2 is 1.87 bits per heavy atom. The van der Waals surface area contributed by atoms with Gasteiger partial charge in [0.25, 0.3) is 0 Å². The lowest BCUT2D eigenvalue weighted by Crippen LogP contribution is -2.45. The van der Waals surface area contributed by atoms with Crippen molar-refractivity contribution in [2.45, 2.75) is 44.4 Å². The predicted molar refractivity (Wildman–Crippen MR) is 96.9 cm³/mol.